The van der Waals surface area contributed by atoms with Crippen molar-refractivity contribution in [1.82, 2.24) is 4.90 Å². The maximum atomic E-state index is 5.88. The molecule has 0 aromatic heterocycles. The van der Waals surface area contributed by atoms with Crippen LogP contribution in [0.1, 0.15) is 51.5 Å². The van der Waals surface area contributed by atoms with Crippen molar-refractivity contribution in [1.29, 1.82) is 0 Å². The number of anilines is 1. The van der Waals surface area contributed by atoms with Gasteiger partial charge >= 0.3 is 0 Å². The monoisotopic (exact) mass is 260 g/mol. The zero-order valence-corrected chi connectivity index (χ0v) is 12.4. The van der Waals surface area contributed by atoms with Crippen LogP contribution in [0.2, 0.25) is 0 Å². The summed E-state index contributed by atoms with van der Waals surface area (Å²) >= 11 is 0. The Kier molecular flexibility index (Phi) is 5.26. The molecule has 2 rings (SSSR count). The fraction of sp³-hybridized carbons (Fsp3) is 0.647. The zero-order chi connectivity index (χ0) is 13.7. The number of hydrogen-bond donors (Lipinski definition) is 1. The molecule has 2 N–H and O–H groups in total. The average Bonchev–Trinajstić information content (AvgIpc) is 2.45. The second-order valence-electron chi connectivity index (χ2n) is 5.90. The molecule has 106 valence electrons. The lowest BCUT2D eigenvalue weighted by Gasteiger charge is -2.37. The summed E-state index contributed by atoms with van der Waals surface area (Å²) in [5.41, 5.74) is 8.11. The number of hydrogen-bond acceptors (Lipinski definition) is 2. The molecule has 0 spiro atoms. The SMILES string of the molecule is CCC1CCCC(N(CC)Cc2cccc(N)c2)C1. The Labute approximate surface area is 118 Å². The molecule has 1 aliphatic rings. The first-order chi connectivity index (χ1) is 9.22. The second-order valence-corrected chi connectivity index (χ2v) is 5.90. The molecule has 2 atom stereocenters. The summed E-state index contributed by atoms with van der Waals surface area (Å²) in [6.07, 6.45) is 6.92. The number of benzene rings is 1. The van der Waals surface area contributed by atoms with Crippen molar-refractivity contribution in [2.24, 2.45) is 5.92 Å². The maximum absolute atomic E-state index is 5.88. The second kappa shape index (κ2) is 6.95. The van der Waals surface area contributed by atoms with E-state index in [9.17, 15) is 0 Å². The highest BCUT2D eigenvalue weighted by molar-refractivity contribution is 5.40. The zero-order valence-electron chi connectivity index (χ0n) is 12.4. The van der Waals surface area contributed by atoms with Crippen LogP contribution < -0.4 is 5.73 Å². The van der Waals surface area contributed by atoms with E-state index in [0.29, 0.717) is 0 Å². The highest BCUT2D eigenvalue weighted by atomic mass is 15.1. The molecule has 1 aromatic carbocycles. The van der Waals surface area contributed by atoms with Crippen LogP contribution in [0.3, 0.4) is 0 Å². The molecule has 2 nitrogen and oxygen atoms in total. The predicted octanol–water partition coefficient (Wildman–Crippen LogP) is 4.06. The van der Waals surface area contributed by atoms with Gasteiger partial charge in [-0.1, -0.05) is 45.2 Å². The first-order valence-corrected chi connectivity index (χ1v) is 7.81. The third kappa shape index (κ3) is 3.97. The van der Waals surface area contributed by atoms with Crippen molar-refractivity contribution in [2.45, 2.75) is 58.5 Å². The van der Waals surface area contributed by atoms with Gasteiger partial charge in [0.2, 0.25) is 0 Å². The molecule has 0 amide bonds. The van der Waals surface area contributed by atoms with E-state index in [-0.39, 0.29) is 0 Å². The van der Waals surface area contributed by atoms with E-state index in [1.54, 1.807) is 0 Å². The summed E-state index contributed by atoms with van der Waals surface area (Å²) in [6, 6.07) is 9.11. The Morgan fingerprint density at radius 2 is 2.11 bits per heavy atom. The molecule has 1 aromatic rings. The lowest BCUT2D eigenvalue weighted by atomic mass is 9.83. The Hall–Kier alpha value is -1.02. The fourth-order valence-corrected chi connectivity index (χ4v) is 3.39. The highest BCUT2D eigenvalue weighted by Gasteiger charge is 2.25. The van der Waals surface area contributed by atoms with Gasteiger partial charge < -0.3 is 5.73 Å². The minimum atomic E-state index is 0.769. The molecule has 1 fully saturated rings. The number of nitrogen functional groups attached to an aromatic ring is 1. The van der Waals surface area contributed by atoms with Crippen LogP contribution in [0.5, 0.6) is 0 Å². The molecule has 2 unspecified atom stereocenters. The Balaban J connectivity index is 1.99. The quantitative estimate of drug-likeness (QED) is 0.809. The standard InChI is InChI=1S/C17H28N2/c1-3-14-7-6-10-17(12-14)19(4-2)13-15-8-5-9-16(18)11-15/h5,8-9,11,14,17H,3-4,6-7,10,12-13,18H2,1-2H3. The van der Waals surface area contributed by atoms with Crippen LogP contribution in [0.25, 0.3) is 0 Å². The first-order valence-electron chi connectivity index (χ1n) is 7.81. The summed E-state index contributed by atoms with van der Waals surface area (Å²) in [4.78, 5) is 2.64. The molecular weight excluding hydrogens is 232 g/mol. The molecule has 0 aliphatic heterocycles. The first kappa shape index (κ1) is 14.4. The molecular formula is C17H28N2. The van der Waals surface area contributed by atoms with E-state index in [4.69, 9.17) is 5.73 Å². The van der Waals surface area contributed by atoms with Gasteiger partial charge in [-0.05, 0) is 43.0 Å². The topological polar surface area (TPSA) is 29.3 Å². The van der Waals surface area contributed by atoms with E-state index in [1.807, 2.05) is 6.07 Å². The average molecular weight is 260 g/mol. The van der Waals surface area contributed by atoms with Crippen molar-refractivity contribution in [2.75, 3.05) is 12.3 Å². The Morgan fingerprint density at radius 3 is 2.79 bits per heavy atom. The molecule has 2 heteroatoms. The summed E-state index contributed by atoms with van der Waals surface area (Å²) in [7, 11) is 0. The maximum Gasteiger partial charge on any atom is 0.0317 e. The van der Waals surface area contributed by atoms with Crippen LogP contribution in [-0.2, 0) is 6.54 Å². The lowest BCUT2D eigenvalue weighted by molar-refractivity contribution is 0.127. The molecule has 1 saturated carbocycles. The summed E-state index contributed by atoms with van der Waals surface area (Å²) < 4.78 is 0. The van der Waals surface area contributed by atoms with Crippen LogP contribution >= 0.6 is 0 Å². The van der Waals surface area contributed by atoms with Crippen molar-refractivity contribution >= 4 is 5.69 Å². The van der Waals surface area contributed by atoms with Gasteiger partial charge in [0, 0.05) is 18.3 Å². The van der Waals surface area contributed by atoms with E-state index in [1.165, 1.54) is 37.7 Å². The van der Waals surface area contributed by atoms with Gasteiger partial charge in [0.1, 0.15) is 0 Å². The molecule has 0 heterocycles. The Morgan fingerprint density at radius 1 is 1.26 bits per heavy atom. The highest BCUT2D eigenvalue weighted by Crippen LogP contribution is 2.30. The summed E-state index contributed by atoms with van der Waals surface area (Å²) in [6.45, 7) is 6.79. The number of rotatable bonds is 5. The smallest absolute Gasteiger partial charge is 0.0317 e. The van der Waals surface area contributed by atoms with Crippen molar-refractivity contribution in [3.63, 3.8) is 0 Å². The van der Waals surface area contributed by atoms with Crippen LogP contribution in [-0.4, -0.2) is 17.5 Å². The van der Waals surface area contributed by atoms with Crippen LogP contribution in [0, 0.1) is 5.92 Å². The van der Waals surface area contributed by atoms with Gasteiger partial charge in [-0.2, -0.15) is 0 Å². The number of nitrogens with two attached hydrogens (primary N) is 1. The Bertz CT molecular complexity index is 389. The summed E-state index contributed by atoms with van der Waals surface area (Å²) in [5, 5.41) is 0. The van der Waals surface area contributed by atoms with Gasteiger partial charge in [-0.15, -0.1) is 0 Å². The molecule has 0 bridgehead atoms. The van der Waals surface area contributed by atoms with E-state index >= 15 is 0 Å². The molecule has 19 heavy (non-hydrogen) atoms. The minimum absolute atomic E-state index is 0.769. The fourth-order valence-electron chi connectivity index (χ4n) is 3.39. The number of nitrogens with zero attached hydrogens (tertiary/aromatic N) is 1. The molecule has 1 aliphatic carbocycles. The predicted molar refractivity (Wildman–Crippen MR) is 83.0 cm³/mol. The van der Waals surface area contributed by atoms with Crippen molar-refractivity contribution in [3.8, 4) is 0 Å². The summed E-state index contributed by atoms with van der Waals surface area (Å²) in [5.74, 6) is 0.939. The van der Waals surface area contributed by atoms with E-state index in [0.717, 1.165) is 30.7 Å². The molecule has 0 saturated heterocycles. The van der Waals surface area contributed by atoms with Crippen molar-refractivity contribution in [3.05, 3.63) is 29.8 Å². The van der Waals surface area contributed by atoms with Gasteiger partial charge in [0.15, 0.2) is 0 Å². The third-order valence-electron chi connectivity index (χ3n) is 4.59. The van der Waals surface area contributed by atoms with E-state index < -0.39 is 0 Å². The van der Waals surface area contributed by atoms with Crippen LogP contribution in [0.15, 0.2) is 24.3 Å². The lowest BCUT2D eigenvalue weighted by Crippen LogP contribution is -2.38. The molecule has 0 radical (unpaired) electrons. The van der Waals surface area contributed by atoms with Gasteiger partial charge in [-0.3, -0.25) is 4.90 Å². The van der Waals surface area contributed by atoms with Gasteiger partial charge in [0.05, 0.1) is 0 Å². The van der Waals surface area contributed by atoms with Crippen molar-refractivity contribution < 1.29 is 0 Å². The normalized spacial score (nSPS) is 23.7. The van der Waals surface area contributed by atoms with Crippen LogP contribution in [0.4, 0.5) is 5.69 Å². The third-order valence-corrected chi connectivity index (χ3v) is 4.59. The largest absolute Gasteiger partial charge is 0.399 e. The minimum Gasteiger partial charge on any atom is -0.399 e. The van der Waals surface area contributed by atoms with Gasteiger partial charge in [-0.25, -0.2) is 0 Å². The van der Waals surface area contributed by atoms with Gasteiger partial charge in [0.25, 0.3) is 0 Å². The van der Waals surface area contributed by atoms with E-state index in [2.05, 4.69) is 36.9 Å².